The number of carbonyl (C=O) groups is 2. The Labute approximate surface area is 113 Å². The molecule has 1 rings (SSSR count). The van der Waals surface area contributed by atoms with Crippen molar-refractivity contribution in [1.29, 1.82) is 0 Å². The zero-order valence-electron chi connectivity index (χ0n) is 11.4. The van der Waals surface area contributed by atoms with E-state index in [0.29, 0.717) is 6.54 Å². The first kappa shape index (κ1) is 15.0. The number of hydrogen-bond donors (Lipinski definition) is 3. The Morgan fingerprint density at radius 2 is 2.00 bits per heavy atom. The molecule has 0 saturated heterocycles. The van der Waals surface area contributed by atoms with Gasteiger partial charge in [0.25, 0.3) is 0 Å². The van der Waals surface area contributed by atoms with Crippen LogP contribution in [0.1, 0.15) is 25.0 Å². The molecule has 104 valence electrons. The van der Waals surface area contributed by atoms with E-state index in [9.17, 15) is 9.59 Å². The minimum atomic E-state index is -1.03. The molecule has 1 aromatic carbocycles. The summed E-state index contributed by atoms with van der Waals surface area (Å²) in [7, 11) is 0. The second kappa shape index (κ2) is 6.78. The van der Waals surface area contributed by atoms with Crippen LogP contribution in [0.4, 0.5) is 4.79 Å². The highest BCUT2D eigenvalue weighted by Gasteiger charge is 2.23. The predicted molar refractivity (Wildman–Crippen MR) is 72.8 cm³/mol. The lowest BCUT2D eigenvalue weighted by molar-refractivity contribution is -0.140. The summed E-state index contributed by atoms with van der Waals surface area (Å²) in [6.07, 6.45) is 0. The summed E-state index contributed by atoms with van der Waals surface area (Å²) < 4.78 is 0. The van der Waals surface area contributed by atoms with Crippen LogP contribution in [0.3, 0.4) is 0 Å². The quantitative estimate of drug-likeness (QED) is 0.760. The number of carbonyl (C=O) groups excluding carboxylic acids is 1. The van der Waals surface area contributed by atoms with Gasteiger partial charge in [-0.1, -0.05) is 43.7 Å². The van der Waals surface area contributed by atoms with Crippen molar-refractivity contribution in [2.45, 2.75) is 33.4 Å². The third kappa shape index (κ3) is 4.99. The minimum absolute atomic E-state index is 0.165. The third-order valence-electron chi connectivity index (χ3n) is 2.75. The maximum Gasteiger partial charge on any atom is 0.326 e. The lowest BCUT2D eigenvalue weighted by Crippen LogP contribution is -2.48. The summed E-state index contributed by atoms with van der Waals surface area (Å²) in [5.74, 6) is -1.19. The highest BCUT2D eigenvalue weighted by molar-refractivity contribution is 5.82. The van der Waals surface area contributed by atoms with Crippen molar-refractivity contribution in [2.75, 3.05) is 0 Å². The number of hydrogen-bond acceptors (Lipinski definition) is 2. The number of nitrogens with one attached hydrogen (secondary N) is 2. The van der Waals surface area contributed by atoms with Crippen molar-refractivity contribution < 1.29 is 14.7 Å². The molecule has 0 spiro atoms. The van der Waals surface area contributed by atoms with Gasteiger partial charge >= 0.3 is 12.0 Å². The van der Waals surface area contributed by atoms with Crippen molar-refractivity contribution in [3.8, 4) is 0 Å². The summed E-state index contributed by atoms with van der Waals surface area (Å²) in [6, 6.07) is 6.42. The smallest absolute Gasteiger partial charge is 0.326 e. The van der Waals surface area contributed by atoms with Crippen LogP contribution in [-0.2, 0) is 11.3 Å². The highest BCUT2D eigenvalue weighted by Crippen LogP contribution is 2.04. The third-order valence-corrected chi connectivity index (χ3v) is 2.75. The van der Waals surface area contributed by atoms with Crippen LogP contribution in [0.5, 0.6) is 0 Å². The average molecular weight is 264 g/mol. The molecule has 0 fully saturated rings. The molecular formula is C14H20N2O3. The van der Waals surface area contributed by atoms with Crippen molar-refractivity contribution >= 4 is 12.0 Å². The van der Waals surface area contributed by atoms with Crippen molar-refractivity contribution in [3.05, 3.63) is 35.4 Å². The molecule has 0 aliphatic rings. The number of aliphatic carboxylic acids is 1. The van der Waals surface area contributed by atoms with Gasteiger partial charge < -0.3 is 15.7 Å². The normalized spacial score (nSPS) is 12.0. The molecule has 1 atom stereocenters. The number of amides is 2. The van der Waals surface area contributed by atoms with E-state index in [4.69, 9.17) is 5.11 Å². The van der Waals surface area contributed by atoms with E-state index >= 15 is 0 Å². The molecule has 5 nitrogen and oxygen atoms in total. The number of urea groups is 1. The maximum atomic E-state index is 11.6. The van der Waals surface area contributed by atoms with Gasteiger partial charge in [-0.2, -0.15) is 0 Å². The van der Waals surface area contributed by atoms with Gasteiger partial charge in [0, 0.05) is 6.54 Å². The van der Waals surface area contributed by atoms with Crippen molar-refractivity contribution in [2.24, 2.45) is 5.92 Å². The average Bonchev–Trinajstić information content (AvgIpc) is 2.32. The Morgan fingerprint density at radius 1 is 1.32 bits per heavy atom. The molecule has 19 heavy (non-hydrogen) atoms. The molecule has 0 heterocycles. The van der Waals surface area contributed by atoms with Crippen LogP contribution in [0.2, 0.25) is 0 Å². The van der Waals surface area contributed by atoms with Gasteiger partial charge in [0.05, 0.1) is 0 Å². The molecule has 3 N–H and O–H groups in total. The molecule has 0 aliphatic carbocycles. The zero-order valence-corrected chi connectivity index (χ0v) is 11.4. The second-order valence-electron chi connectivity index (χ2n) is 4.88. The Kier molecular flexibility index (Phi) is 5.36. The van der Waals surface area contributed by atoms with Gasteiger partial charge in [-0.05, 0) is 18.4 Å². The summed E-state index contributed by atoms with van der Waals surface area (Å²) in [6.45, 7) is 5.85. The van der Waals surface area contributed by atoms with Crippen LogP contribution < -0.4 is 10.6 Å². The molecule has 5 heteroatoms. The largest absolute Gasteiger partial charge is 0.480 e. The fourth-order valence-corrected chi connectivity index (χ4v) is 1.71. The highest BCUT2D eigenvalue weighted by atomic mass is 16.4. The Hall–Kier alpha value is -2.04. The standard InChI is InChI=1S/C14H20N2O3/c1-9(2)12(13(17)18)16-14(19)15-8-11-6-4-5-10(3)7-11/h4-7,9,12H,8H2,1-3H3,(H,17,18)(H2,15,16,19). The number of carboxylic acid groups (broad SMARTS) is 1. The van der Waals surface area contributed by atoms with Crippen LogP contribution in [0, 0.1) is 12.8 Å². The Morgan fingerprint density at radius 3 is 2.53 bits per heavy atom. The van der Waals surface area contributed by atoms with E-state index in [1.807, 2.05) is 31.2 Å². The zero-order chi connectivity index (χ0) is 14.4. The summed E-state index contributed by atoms with van der Waals surface area (Å²) in [4.78, 5) is 22.6. The van der Waals surface area contributed by atoms with E-state index in [-0.39, 0.29) is 5.92 Å². The molecule has 0 saturated carbocycles. The van der Waals surface area contributed by atoms with E-state index in [2.05, 4.69) is 10.6 Å². The van der Waals surface area contributed by atoms with Crippen LogP contribution in [0.15, 0.2) is 24.3 Å². The van der Waals surface area contributed by atoms with Gasteiger partial charge in [0.15, 0.2) is 0 Å². The lowest BCUT2D eigenvalue weighted by atomic mass is 10.1. The molecule has 1 aromatic rings. The fraction of sp³-hybridized carbons (Fsp3) is 0.429. The second-order valence-corrected chi connectivity index (χ2v) is 4.88. The topological polar surface area (TPSA) is 78.4 Å². The van der Waals surface area contributed by atoms with Gasteiger partial charge in [0.2, 0.25) is 0 Å². The van der Waals surface area contributed by atoms with Gasteiger partial charge in [-0.25, -0.2) is 9.59 Å². The fourth-order valence-electron chi connectivity index (χ4n) is 1.71. The lowest BCUT2D eigenvalue weighted by Gasteiger charge is -2.18. The van der Waals surface area contributed by atoms with Crippen LogP contribution in [0.25, 0.3) is 0 Å². The van der Waals surface area contributed by atoms with Crippen LogP contribution in [-0.4, -0.2) is 23.1 Å². The Bertz CT molecular complexity index is 458. The molecule has 0 bridgehead atoms. The number of aryl methyl sites for hydroxylation is 1. The molecule has 1 unspecified atom stereocenters. The van der Waals surface area contributed by atoms with Crippen molar-refractivity contribution in [3.63, 3.8) is 0 Å². The molecule has 0 aromatic heterocycles. The molecule has 0 aliphatic heterocycles. The minimum Gasteiger partial charge on any atom is -0.480 e. The van der Waals surface area contributed by atoms with E-state index in [1.165, 1.54) is 0 Å². The van der Waals surface area contributed by atoms with Gasteiger partial charge in [0.1, 0.15) is 6.04 Å². The van der Waals surface area contributed by atoms with E-state index < -0.39 is 18.0 Å². The number of benzene rings is 1. The predicted octanol–water partition coefficient (Wildman–Crippen LogP) is 1.90. The van der Waals surface area contributed by atoms with E-state index in [1.54, 1.807) is 13.8 Å². The monoisotopic (exact) mass is 264 g/mol. The molecule has 2 amide bonds. The first-order chi connectivity index (χ1) is 8.90. The molecule has 0 radical (unpaired) electrons. The molecular weight excluding hydrogens is 244 g/mol. The number of rotatable bonds is 5. The van der Waals surface area contributed by atoms with Gasteiger partial charge in [-0.15, -0.1) is 0 Å². The summed E-state index contributed by atoms with van der Waals surface area (Å²) in [5.41, 5.74) is 2.09. The maximum absolute atomic E-state index is 11.6. The van der Waals surface area contributed by atoms with Gasteiger partial charge in [-0.3, -0.25) is 0 Å². The SMILES string of the molecule is Cc1cccc(CNC(=O)NC(C(=O)O)C(C)C)c1. The number of carboxylic acids is 1. The summed E-state index contributed by atoms with van der Waals surface area (Å²) >= 11 is 0. The van der Waals surface area contributed by atoms with Crippen LogP contribution >= 0.6 is 0 Å². The summed E-state index contributed by atoms with van der Waals surface area (Å²) in [5, 5.41) is 14.1. The Balaban J connectivity index is 2.49. The van der Waals surface area contributed by atoms with E-state index in [0.717, 1.165) is 11.1 Å². The first-order valence-corrected chi connectivity index (χ1v) is 6.23. The van der Waals surface area contributed by atoms with Crippen molar-refractivity contribution in [1.82, 2.24) is 10.6 Å². The first-order valence-electron chi connectivity index (χ1n) is 6.23.